The van der Waals surface area contributed by atoms with Crippen LogP contribution in [0.15, 0.2) is 52.2 Å². The number of pyridine rings is 1. The van der Waals surface area contributed by atoms with Crippen molar-refractivity contribution in [2.75, 3.05) is 13.7 Å². The van der Waals surface area contributed by atoms with Crippen molar-refractivity contribution in [3.05, 3.63) is 54.2 Å². The zero-order valence-corrected chi connectivity index (χ0v) is 20.7. The number of rotatable bonds is 9. The zero-order chi connectivity index (χ0) is 25.8. The molecule has 36 heavy (non-hydrogen) atoms. The lowest BCUT2D eigenvalue weighted by Crippen LogP contribution is -2.16. The average Bonchev–Trinajstić information content (AvgIpc) is 3.46. The van der Waals surface area contributed by atoms with E-state index in [2.05, 4.69) is 24.9 Å². The minimum Gasteiger partial charge on any atom is -0.496 e. The molecule has 0 fully saturated rings. The van der Waals surface area contributed by atoms with Crippen molar-refractivity contribution in [2.24, 2.45) is 4.99 Å². The van der Waals surface area contributed by atoms with Crippen molar-refractivity contribution in [3.8, 4) is 39.7 Å². The van der Waals surface area contributed by atoms with E-state index in [-0.39, 0.29) is 6.61 Å². The molecule has 0 aliphatic rings. The number of aryl methyl sites for hydroxylation is 2. The Hall–Kier alpha value is -3.92. The number of hydrogen-bond acceptors (Lipinski definition) is 7. The summed E-state index contributed by atoms with van der Waals surface area (Å²) in [6.45, 7) is 4.21. The lowest BCUT2D eigenvalue weighted by Gasteiger charge is -2.21. The third kappa shape index (κ3) is 4.90. The van der Waals surface area contributed by atoms with Crippen LogP contribution in [0, 0.1) is 13.8 Å². The van der Waals surface area contributed by atoms with Crippen LogP contribution in [0.3, 0.4) is 0 Å². The molecule has 0 spiro atoms. The highest BCUT2D eigenvalue weighted by atomic mass is 19.3. The van der Waals surface area contributed by atoms with Crippen molar-refractivity contribution in [1.29, 1.82) is 0 Å². The quantitative estimate of drug-likeness (QED) is 0.249. The van der Waals surface area contributed by atoms with Gasteiger partial charge in [-0.3, -0.25) is 9.98 Å². The molecule has 0 bridgehead atoms. The summed E-state index contributed by atoms with van der Waals surface area (Å²) in [7, 11) is 1.58. The highest BCUT2D eigenvalue weighted by Crippen LogP contribution is 2.44. The van der Waals surface area contributed by atoms with Gasteiger partial charge in [0.1, 0.15) is 17.2 Å². The predicted octanol–water partition coefficient (Wildman–Crippen LogP) is 6.41. The summed E-state index contributed by atoms with van der Waals surface area (Å²) in [5.74, 6) is 1.76. The van der Waals surface area contributed by atoms with E-state index in [4.69, 9.17) is 9.26 Å². The van der Waals surface area contributed by atoms with Gasteiger partial charge in [0, 0.05) is 23.5 Å². The van der Waals surface area contributed by atoms with Crippen LogP contribution in [0.5, 0.6) is 5.75 Å². The van der Waals surface area contributed by atoms with Crippen LogP contribution < -0.4 is 4.74 Å². The maximum Gasteiger partial charge on any atom is 0.345 e. The second-order valence-corrected chi connectivity index (χ2v) is 8.15. The Balaban J connectivity index is 1.95. The van der Waals surface area contributed by atoms with Gasteiger partial charge in [-0.2, -0.15) is 8.78 Å². The summed E-state index contributed by atoms with van der Waals surface area (Å²) < 4.78 is 43.4. The summed E-state index contributed by atoms with van der Waals surface area (Å²) in [6, 6.07) is 8.73. The van der Waals surface area contributed by atoms with E-state index in [9.17, 15) is 8.78 Å². The number of aromatic nitrogens is 4. The molecule has 8 nitrogen and oxygen atoms in total. The van der Waals surface area contributed by atoms with E-state index in [1.54, 1.807) is 38.7 Å². The maximum absolute atomic E-state index is 12.9. The fourth-order valence-electron chi connectivity index (χ4n) is 4.23. The maximum atomic E-state index is 12.9. The molecular formula is C26H27F2N5O3. The smallest absolute Gasteiger partial charge is 0.345 e. The molecule has 1 atom stereocenters. The van der Waals surface area contributed by atoms with Crippen LogP contribution in [0.25, 0.3) is 33.9 Å². The molecule has 0 radical (unpaired) electrons. The van der Waals surface area contributed by atoms with Gasteiger partial charge in [0.2, 0.25) is 0 Å². The van der Waals surface area contributed by atoms with E-state index in [1.807, 2.05) is 49.6 Å². The molecule has 0 N–H and O–H groups in total. The Kier molecular flexibility index (Phi) is 7.54. The first-order chi connectivity index (χ1) is 17.3. The number of nitrogens with zero attached hydrogens (tertiary/aromatic N) is 5. The van der Waals surface area contributed by atoms with Crippen molar-refractivity contribution in [3.63, 3.8) is 0 Å². The molecule has 3 heterocycles. The van der Waals surface area contributed by atoms with Gasteiger partial charge >= 0.3 is 6.61 Å². The molecule has 4 rings (SSSR count). The van der Waals surface area contributed by atoms with Gasteiger partial charge in [0.25, 0.3) is 0 Å². The summed E-state index contributed by atoms with van der Waals surface area (Å²) in [4.78, 5) is 13.6. The first-order valence-electron chi connectivity index (χ1n) is 11.4. The lowest BCUT2D eigenvalue weighted by atomic mass is 9.98. The molecule has 0 aliphatic heterocycles. The molecule has 0 aliphatic carbocycles. The number of hydrogen-bond donors (Lipinski definition) is 0. The van der Waals surface area contributed by atoms with Crippen molar-refractivity contribution in [2.45, 2.75) is 40.3 Å². The highest BCUT2D eigenvalue weighted by Gasteiger charge is 2.25. The number of alkyl halides is 2. The molecule has 0 saturated heterocycles. The minimum absolute atomic E-state index is 0.221. The Bertz CT molecular complexity index is 1350. The zero-order valence-electron chi connectivity index (χ0n) is 20.7. The third-order valence-electron chi connectivity index (χ3n) is 5.76. The number of halogens is 2. The SMILES string of the molecule is C/C=N\c1cc(-c2c(C)noc2C)c(OC)cc1-c1cnc(-c2ccccn2)n1[C@@H](C)COC(F)F. The number of ether oxygens (including phenoxy) is 2. The van der Waals surface area contributed by atoms with Crippen molar-refractivity contribution < 1.29 is 22.8 Å². The van der Waals surface area contributed by atoms with Crippen LogP contribution in [0.2, 0.25) is 0 Å². The monoisotopic (exact) mass is 495 g/mol. The van der Waals surface area contributed by atoms with Crippen LogP contribution in [0.4, 0.5) is 14.5 Å². The minimum atomic E-state index is -2.88. The average molecular weight is 496 g/mol. The highest BCUT2D eigenvalue weighted by molar-refractivity contribution is 5.87. The van der Waals surface area contributed by atoms with E-state index < -0.39 is 12.7 Å². The topological polar surface area (TPSA) is 87.6 Å². The van der Waals surface area contributed by atoms with E-state index in [0.29, 0.717) is 40.0 Å². The molecule has 10 heteroatoms. The van der Waals surface area contributed by atoms with E-state index >= 15 is 0 Å². The van der Waals surface area contributed by atoms with E-state index in [1.165, 1.54) is 0 Å². The summed E-state index contributed by atoms with van der Waals surface area (Å²) in [6.07, 6.45) is 5.02. The van der Waals surface area contributed by atoms with Crippen LogP contribution >= 0.6 is 0 Å². The lowest BCUT2D eigenvalue weighted by molar-refractivity contribution is -0.135. The van der Waals surface area contributed by atoms with Gasteiger partial charge < -0.3 is 18.6 Å². The molecule has 0 amide bonds. The Morgan fingerprint density at radius 1 is 1.17 bits per heavy atom. The normalized spacial score (nSPS) is 12.6. The molecular weight excluding hydrogens is 468 g/mol. The van der Waals surface area contributed by atoms with Crippen molar-refractivity contribution >= 4 is 11.9 Å². The molecule has 0 saturated carbocycles. The summed E-state index contributed by atoms with van der Waals surface area (Å²) >= 11 is 0. The van der Waals surface area contributed by atoms with Gasteiger partial charge in [-0.05, 0) is 52.0 Å². The molecule has 0 unspecified atom stereocenters. The number of imidazole rings is 1. The van der Waals surface area contributed by atoms with Crippen LogP contribution in [-0.2, 0) is 4.74 Å². The van der Waals surface area contributed by atoms with Crippen molar-refractivity contribution in [1.82, 2.24) is 19.7 Å². The first kappa shape index (κ1) is 25.2. The van der Waals surface area contributed by atoms with E-state index in [0.717, 1.165) is 16.8 Å². The largest absolute Gasteiger partial charge is 0.496 e. The second kappa shape index (κ2) is 10.8. The Labute approximate surface area is 207 Å². The molecule has 188 valence electrons. The summed E-state index contributed by atoms with van der Waals surface area (Å²) in [5, 5.41) is 4.07. The van der Waals surface area contributed by atoms with Crippen LogP contribution in [0.1, 0.15) is 31.3 Å². The third-order valence-corrected chi connectivity index (χ3v) is 5.76. The van der Waals surface area contributed by atoms with Gasteiger partial charge in [0.15, 0.2) is 5.82 Å². The Morgan fingerprint density at radius 3 is 2.58 bits per heavy atom. The van der Waals surface area contributed by atoms with Gasteiger partial charge in [0.05, 0.1) is 48.6 Å². The van der Waals surface area contributed by atoms with Gasteiger partial charge in [-0.1, -0.05) is 11.2 Å². The van der Waals surface area contributed by atoms with Gasteiger partial charge in [-0.25, -0.2) is 4.98 Å². The summed E-state index contributed by atoms with van der Waals surface area (Å²) in [5.41, 5.74) is 4.95. The number of benzene rings is 1. The predicted molar refractivity (Wildman–Crippen MR) is 133 cm³/mol. The molecule has 4 aromatic rings. The molecule has 3 aromatic heterocycles. The van der Waals surface area contributed by atoms with Crippen LogP contribution in [-0.4, -0.2) is 46.2 Å². The second-order valence-electron chi connectivity index (χ2n) is 8.15. The number of aliphatic imine (C=N–C) groups is 1. The fourth-order valence-corrected chi connectivity index (χ4v) is 4.23. The Morgan fingerprint density at radius 2 is 1.97 bits per heavy atom. The first-order valence-corrected chi connectivity index (χ1v) is 11.4. The number of methoxy groups -OCH3 is 1. The van der Waals surface area contributed by atoms with Gasteiger partial charge in [-0.15, -0.1) is 0 Å². The fraction of sp³-hybridized carbons (Fsp3) is 0.308. The molecule has 1 aromatic carbocycles. The standard InChI is InChI=1S/C26H27F2N5O3/c1-6-29-21-11-19(24-16(3)32-36-17(24)4)23(34-5)12-18(21)22-13-31-25(20-9-7-8-10-30-20)33(22)15(2)14-35-26(27)28/h6-13,15,26H,14H2,1-5H3/b29-6-/t15-/m0/s1.